The first-order chi connectivity index (χ1) is 9.57. The normalized spacial score (nSPS) is 13.3. The van der Waals surface area contributed by atoms with Crippen LogP contribution in [-0.2, 0) is 9.05 Å². The van der Waals surface area contributed by atoms with Gasteiger partial charge in [0, 0.05) is 27.3 Å². The summed E-state index contributed by atoms with van der Waals surface area (Å²) < 4.78 is 22.9. The number of carbonyl (C=O) groups excluding carboxylic acids is 1. The van der Waals surface area contributed by atoms with Crippen LogP contribution in [-0.4, -0.2) is 20.4 Å². The van der Waals surface area contributed by atoms with Gasteiger partial charge in [0.25, 0.3) is 15.0 Å². The molecule has 1 N–H and O–H groups in total. The fraction of sp³-hybridized carbons (Fsp3) is 0.500. The van der Waals surface area contributed by atoms with E-state index in [0.29, 0.717) is 5.56 Å². The van der Waals surface area contributed by atoms with E-state index in [2.05, 4.69) is 5.32 Å². The number of nitrogens with one attached hydrogen (secondary N) is 1. The summed E-state index contributed by atoms with van der Waals surface area (Å²) in [5.74, 6) is -0.0770. The van der Waals surface area contributed by atoms with Gasteiger partial charge in [-0.3, -0.25) is 4.79 Å². The number of rotatable bonds is 5. The smallest absolute Gasteiger partial charge is 0.261 e. The molecule has 0 aromatic heterocycles. The average molecular weight is 352 g/mol. The van der Waals surface area contributed by atoms with Crippen LogP contribution in [0.2, 0.25) is 5.02 Å². The summed E-state index contributed by atoms with van der Waals surface area (Å²) in [5, 5.41) is 3.09. The summed E-state index contributed by atoms with van der Waals surface area (Å²) in [6.45, 7) is 7.66. The molecule has 0 bridgehead atoms. The second kappa shape index (κ2) is 6.99. The van der Waals surface area contributed by atoms with Crippen molar-refractivity contribution in [3.8, 4) is 0 Å². The van der Waals surface area contributed by atoms with Crippen LogP contribution in [0.4, 0.5) is 0 Å². The molecule has 0 saturated heterocycles. The van der Waals surface area contributed by atoms with Crippen molar-refractivity contribution < 1.29 is 13.2 Å². The molecule has 0 aliphatic rings. The van der Waals surface area contributed by atoms with E-state index < -0.39 is 9.05 Å². The first-order valence-electron chi connectivity index (χ1n) is 6.63. The Bertz CT molecular complexity index is 642. The Balaban J connectivity index is 3.24. The van der Waals surface area contributed by atoms with E-state index in [9.17, 15) is 13.2 Å². The first kappa shape index (κ1) is 18.3. The average Bonchev–Trinajstić information content (AvgIpc) is 2.36. The number of hydrogen-bond donors (Lipinski definition) is 1. The molecule has 0 saturated carbocycles. The highest BCUT2D eigenvalue weighted by molar-refractivity contribution is 8.13. The maximum absolute atomic E-state index is 12.4. The maximum Gasteiger partial charge on any atom is 0.261 e. The minimum Gasteiger partial charge on any atom is -0.349 e. The molecule has 21 heavy (non-hydrogen) atoms. The monoisotopic (exact) mass is 351 g/mol. The summed E-state index contributed by atoms with van der Waals surface area (Å²) >= 11 is 6.00. The molecule has 4 nitrogen and oxygen atoms in total. The molecule has 0 aliphatic heterocycles. The summed E-state index contributed by atoms with van der Waals surface area (Å²) in [5.41, 5.74) is 0.748. The summed E-state index contributed by atoms with van der Waals surface area (Å²) in [4.78, 5) is 12.2. The van der Waals surface area contributed by atoms with Crippen molar-refractivity contribution in [2.24, 2.45) is 5.92 Å². The quantitative estimate of drug-likeness (QED) is 0.821. The summed E-state index contributed by atoms with van der Waals surface area (Å²) in [7, 11) is 1.38. The standard InChI is InChI=1S/C14H19Cl2NO3S/c1-5-13(8(2)3)17-14(18)11-6-10(21(16,19)20)7-12(15)9(11)4/h6-8,13H,5H2,1-4H3,(H,17,18). The predicted octanol–water partition coefficient (Wildman–Crippen LogP) is 3.74. The third-order valence-electron chi connectivity index (χ3n) is 3.41. The zero-order valence-corrected chi connectivity index (χ0v) is 14.7. The van der Waals surface area contributed by atoms with Gasteiger partial charge in [-0.25, -0.2) is 8.42 Å². The Labute approximate surface area is 135 Å². The molecule has 1 atom stereocenters. The highest BCUT2D eigenvalue weighted by Crippen LogP contribution is 2.26. The van der Waals surface area contributed by atoms with Crippen LogP contribution < -0.4 is 5.32 Å². The lowest BCUT2D eigenvalue weighted by atomic mass is 10.0. The molecule has 0 fully saturated rings. The van der Waals surface area contributed by atoms with E-state index in [0.717, 1.165) is 6.42 Å². The number of halogens is 2. The van der Waals surface area contributed by atoms with Crippen molar-refractivity contribution in [3.05, 3.63) is 28.3 Å². The SMILES string of the molecule is CCC(NC(=O)c1cc(S(=O)(=O)Cl)cc(Cl)c1C)C(C)C. The van der Waals surface area contributed by atoms with Crippen LogP contribution in [0, 0.1) is 12.8 Å². The predicted molar refractivity (Wildman–Crippen MR) is 85.6 cm³/mol. The van der Waals surface area contributed by atoms with Gasteiger partial charge in [0.2, 0.25) is 0 Å². The summed E-state index contributed by atoms with van der Waals surface area (Å²) in [6, 6.07) is 2.51. The molecule has 118 valence electrons. The fourth-order valence-corrected chi connectivity index (χ4v) is 3.09. The van der Waals surface area contributed by atoms with E-state index in [-0.39, 0.29) is 33.3 Å². The maximum atomic E-state index is 12.4. The van der Waals surface area contributed by atoms with Crippen LogP contribution in [0.3, 0.4) is 0 Å². The molecule has 0 heterocycles. The molecule has 1 aromatic carbocycles. The zero-order chi connectivity index (χ0) is 16.4. The fourth-order valence-electron chi connectivity index (χ4n) is 2.02. The third-order valence-corrected chi connectivity index (χ3v) is 5.13. The van der Waals surface area contributed by atoms with Crippen molar-refractivity contribution in [2.75, 3.05) is 0 Å². The van der Waals surface area contributed by atoms with E-state index >= 15 is 0 Å². The molecule has 1 aromatic rings. The minimum atomic E-state index is -3.94. The van der Waals surface area contributed by atoms with Gasteiger partial charge in [0.15, 0.2) is 0 Å². The lowest BCUT2D eigenvalue weighted by Gasteiger charge is -2.21. The van der Waals surface area contributed by atoms with Gasteiger partial charge in [0.05, 0.1) is 4.90 Å². The highest BCUT2D eigenvalue weighted by Gasteiger charge is 2.21. The largest absolute Gasteiger partial charge is 0.349 e. The van der Waals surface area contributed by atoms with Gasteiger partial charge in [-0.2, -0.15) is 0 Å². The molecule has 7 heteroatoms. The van der Waals surface area contributed by atoms with Gasteiger partial charge in [-0.05, 0) is 37.0 Å². The Morgan fingerprint density at radius 1 is 1.33 bits per heavy atom. The van der Waals surface area contributed by atoms with Crippen molar-refractivity contribution >= 4 is 37.2 Å². The molecular weight excluding hydrogens is 333 g/mol. The summed E-state index contributed by atoms with van der Waals surface area (Å²) in [6.07, 6.45) is 0.781. The van der Waals surface area contributed by atoms with Crippen molar-refractivity contribution in [2.45, 2.75) is 45.1 Å². The lowest BCUT2D eigenvalue weighted by molar-refractivity contribution is 0.0924. The molecule has 1 unspecified atom stereocenters. The van der Waals surface area contributed by atoms with E-state index in [4.69, 9.17) is 22.3 Å². The van der Waals surface area contributed by atoms with Gasteiger partial charge >= 0.3 is 0 Å². The first-order valence-corrected chi connectivity index (χ1v) is 9.32. The molecular formula is C14H19Cl2NO3S. The minimum absolute atomic E-state index is 0.00643. The Kier molecular flexibility index (Phi) is 6.08. The Hall–Kier alpha value is -0.780. The van der Waals surface area contributed by atoms with Gasteiger partial charge in [-0.15, -0.1) is 0 Å². The lowest BCUT2D eigenvalue weighted by Crippen LogP contribution is -2.38. The highest BCUT2D eigenvalue weighted by atomic mass is 35.7. The van der Waals surface area contributed by atoms with Gasteiger partial charge in [-0.1, -0.05) is 32.4 Å². The number of hydrogen-bond acceptors (Lipinski definition) is 3. The van der Waals surface area contributed by atoms with Crippen molar-refractivity contribution in [3.63, 3.8) is 0 Å². The van der Waals surface area contributed by atoms with E-state index in [1.54, 1.807) is 6.92 Å². The van der Waals surface area contributed by atoms with Crippen LogP contribution in [0.15, 0.2) is 17.0 Å². The van der Waals surface area contributed by atoms with Gasteiger partial charge in [0.1, 0.15) is 0 Å². The molecule has 0 spiro atoms. The molecule has 1 amide bonds. The molecule has 0 aliphatic carbocycles. The van der Waals surface area contributed by atoms with Gasteiger partial charge < -0.3 is 5.32 Å². The van der Waals surface area contributed by atoms with E-state index in [1.807, 2.05) is 20.8 Å². The van der Waals surface area contributed by atoms with Crippen LogP contribution >= 0.6 is 22.3 Å². The number of carbonyl (C=O) groups is 1. The number of benzene rings is 1. The van der Waals surface area contributed by atoms with E-state index in [1.165, 1.54) is 12.1 Å². The second-order valence-electron chi connectivity index (χ2n) is 5.25. The van der Waals surface area contributed by atoms with Crippen LogP contribution in [0.5, 0.6) is 0 Å². The third kappa shape index (κ3) is 4.59. The van der Waals surface area contributed by atoms with Crippen LogP contribution in [0.1, 0.15) is 43.1 Å². The van der Waals surface area contributed by atoms with Crippen molar-refractivity contribution in [1.82, 2.24) is 5.32 Å². The Morgan fingerprint density at radius 3 is 2.33 bits per heavy atom. The number of amides is 1. The second-order valence-corrected chi connectivity index (χ2v) is 8.22. The van der Waals surface area contributed by atoms with Crippen molar-refractivity contribution in [1.29, 1.82) is 0 Å². The topological polar surface area (TPSA) is 63.2 Å². The zero-order valence-electron chi connectivity index (χ0n) is 12.4. The van der Waals surface area contributed by atoms with Crippen LogP contribution in [0.25, 0.3) is 0 Å². The Morgan fingerprint density at radius 2 is 1.90 bits per heavy atom. The molecule has 0 radical (unpaired) electrons. The molecule has 1 rings (SSSR count).